The number of hydrogen-bond acceptors (Lipinski definition) is 4. The summed E-state index contributed by atoms with van der Waals surface area (Å²) in [5, 5.41) is 3.06. The molecule has 0 aromatic heterocycles. The van der Waals surface area contributed by atoms with Crippen molar-refractivity contribution >= 4 is 6.03 Å². The highest BCUT2D eigenvalue weighted by molar-refractivity contribution is 5.74. The predicted octanol–water partition coefficient (Wildman–Crippen LogP) is 2.05. The van der Waals surface area contributed by atoms with Gasteiger partial charge in [-0.1, -0.05) is 6.92 Å². The number of carbonyl (C=O) groups is 1. The third-order valence-electron chi connectivity index (χ3n) is 5.68. The Labute approximate surface area is 145 Å². The smallest absolute Gasteiger partial charge is 0.317 e. The van der Waals surface area contributed by atoms with Crippen LogP contribution in [-0.4, -0.2) is 74.1 Å². The lowest BCUT2D eigenvalue weighted by Crippen LogP contribution is -2.50. The van der Waals surface area contributed by atoms with Gasteiger partial charge in [-0.3, -0.25) is 0 Å². The lowest BCUT2D eigenvalue weighted by atomic mass is 9.99. The largest absolute Gasteiger partial charge is 0.347 e. The quantitative estimate of drug-likeness (QED) is 0.779. The lowest BCUT2D eigenvalue weighted by molar-refractivity contribution is -0.181. The van der Waals surface area contributed by atoms with Crippen LogP contribution < -0.4 is 5.32 Å². The Balaban J connectivity index is 1.24. The number of hydrogen-bond donors (Lipinski definition) is 1. The number of rotatable bonds is 5. The lowest BCUT2D eigenvalue weighted by Gasteiger charge is -2.37. The zero-order chi connectivity index (χ0) is 16.8. The van der Waals surface area contributed by atoms with Crippen molar-refractivity contribution in [3.8, 4) is 0 Å². The van der Waals surface area contributed by atoms with Gasteiger partial charge in [0.05, 0.1) is 13.2 Å². The van der Waals surface area contributed by atoms with E-state index in [0.29, 0.717) is 13.2 Å². The van der Waals surface area contributed by atoms with Gasteiger partial charge >= 0.3 is 6.03 Å². The van der Waals surface area contributed by atoms with Gasteiger partial charge in [0, 0.05) is 32.5 Å². The fourth-order valence-electron chi connectivity index (χ4n) is 3.89. The second-order valence-corrected chi connectivity index (χ2v) is 7.56. The van der Waals surface area contributed by atoms with E-state index in [9.17, 15) is 4.79 Å². The number of nitrogens with one attached hydrogen (secondary N) is 1. The van der Waals surface area contributed by atoms with E-state index in [-0.39, 0.29) is 6.03 Å². The molecule has 1 N–H and O–H groups in total. The van der Waals surface area contributed by atoms with Crippen LogP contribution in [0.4, 0.5) is 4.79 Å². The summed E-state index contributed by atoms with van der Waals surface area (Å²) in [5.41, 5.74) is 0. The van der Waals surface area contributed by atoms with Crippen molar-refractivity contribution in [2.45, 2.75) is 51.2 Å². The van der Waals surface area contributed by atoms with Crippen LogP contribution in [0.25, 0.3) is 0 Å². The van der Waals surface area contributed by atoms with Gasteiger partial charge in [0.1, 0.15) is 0 Å². The topological polar surface area (TPSA) is 54.0 Å². The van der Waals surface area contributed by atoms with Gasteiger partial charge in [-0.2, -0.15) is 0 Å². The summed E-state index contributed by atoms with van der Waals surface area (Å²) < 4.78 is 11.4. The monoisotopic (exact) mass is 339 g/mol. The van der Waals surface area contributed by atoms with Crippen molar-refractivity contribution < 1.29 is 14.3 Å². The highest BCUT2D eigenvalue weighted by Crippen LogP contribution is 2.31. The van der Waals surface area contributed by atoms with Crippen molar-refractivity contribution in [1.29, 1.82) is 0 Å². The first-order valence-corrected chi connectivity index (χ1v) is 9.70. The minimum Gasteiger partial charge on any atom is -0.347 e. The van der Waals surface area contributed by atoms with E-state index in [1.165, 1.54) is 38.9 Å². The van der Waals surface area contributed by atoms with Gasteiger partial charge in [0.2, 0.25) is 0 Å². The summed E-state index contributed by atoms with van der Waals surface area (Å²) in [6, 6.07) is 0.0645. The highest BCUT2D eigenvalue weighted by atomic mass is 16.7. The van der Waals surface area contributed by atoms with Crippen molar-refractivity contribution in [2.24, 2.45) is 5.92 Å². The Morgan fingerprint density at radius 1 is 1.08 bits per heavy atom. The molecule has 0 aromatic carbocycles. The van der Waals surface area contributed by atoms with E-state index in [2.05, 4.69) is 17.1 Å². The molecule has 138 valence electrons. The molecule has 24 heavy (non-hydrogen) atoms. The summed E-state index contributed by atoms with van der Waals surface area (Å²) in [5.74, 6) is 0.493. The summed E-state index contributed by atoms with van der Waals surface area (Å²) in [4.78, 5) is 16.7. The third kappa shape index (κ3) is 4.83. The first-order chi connectivity index (χ1) is 11.7. The average Bonchev–Trinajstić information content (AvgIpc) is 3.05. The van der Waals surface area contributed by atoms with E-state index in [4.69, 9.17) is 9.47 Å². The normalized spacial score (nSPS) is 25.3. The molecular formula is C18H33N3O3. The Hall–Kier alpha value is -0.850. The average molecular weight is 339 g/mol. The Bertz CT molecular complexity index is 394. The molecule has 0 unspecified atom stereocenters. The van der Waals surface area contributed by atoms with E-state index in [1.807, 2.05) is 4.90 Å². The molecule has 0 aromatic rings. The minimum atomic E-state index is -0.400. The maximum atomic E-state index is 12.2. The van der Waals surface area contributed by atoms with Crippen LogP contribution in [0.5, 0.6) is 0 Å². The van der Waals surface area contributed by atoms with Crippen LogP contribution in [0.2, 0.25) is 0 Å². The molecule has 3 fully saturated rings. The standard InChI is InChI=1S/C18H33N3O3/c1-16-4-10-20(11-5-16)9-3-2-8-19-17(22)21-12-6-18(7-13-21)23-14-15-24-18/h16H,2-15H2,1H3,(H,19,22). The van der Waals surface area contributed by atoms with Gasteiger partial charge in [-0.25, -0.2) is 4.79 Å². The van der Waals surface area contributed by atoms with Crippen LogP contribution in [0.3, 0.4) is 0 Å². The number of carbonyl (C=O) groups excluding carboxylic acids is 1. The van der Waals surface area contributed by atoms with E-state index < -0.39 is 5.79 Å². The number of unbranched alkanes of at least 4 members (excludes halogenated alkanes) is 1. The van der Waals surface area contributed by atoms with Crippen molar-refractivity contribution in [3.63, 3.8) is 0 Å². The van der Waals surface area contributed by atoms with Gasteiger partial charge < -0.3 is 24.6 Å². The number of urea groups is 1. The summed E-state index contributed by atoms with van der Waals surface area (Å²) in [6.07, 6.45) is 6.46. The van der Waals surface area contributed by atoms with Crippen LogP contribution in [-0.2, 0) is 9.47 Å². The van der Waals surface area contributed by atoms with Crippen LogP contribution >= 0.6 is 0 Å². The molecule has 3 aliphatic heterocycles. The van der Waals surface area contributed by atoms with Crippen molar-refractivity contribution in [1.82, 2.24) is 15.1 Å². The summed E-state index contributed by atoms with van der Waals surface area (Å²) in [7, 11) is 0. The first-order valence-electron chi connectivity index (χ1n) is 9.70. The molecule has 0 atom stereocenters. The molecule has 3 heterocycles. The molecule has 0 aliphatic carbocycles. The Kier molecular flexibility index (Phi) is 6.36. The van der Waals surface area contributed by atoms with Gasteiger partial charge in [-0.15, -0.1) is 0 Å². The van der Waals surface area contributed by atoms with Gasteiger partial charge in [-0.05, 0) is 51.2 Å². The molecule has 3 rings (SSSR count). The summed E-state index contributed by atoms with van der Waals surface area (Å²) in [6.45, 7) is 9.59. The maximum absolute atomic E-state index is 12.2. The molecule has 0 saturated carbocycles. The highest BCUT2D eigenvalue weighted by Gasteiger charge is 2.40. The Morgan fingerprint density at radius 2 is 1.75 bits per heavy atom. The molecule has 0 bridgehead atoms. The van der Waals surface area contributed by atoms with Gasteiger partial charge in [0.15, 0.2) is 5.79 Å². The molecule has 3 saturated heterocycles. The minimum absolute atomic E-state index is 0.0645. The second-order valence-electron chi connectivity index (χ2n) is 7.56. The first kappa shape index (κ1) is 18.0. The molecule has 6 nitrogen and oxygen atoms in total. The predicted molar refractivity (Wildman–Crippen MR) is 92.9 cm³/mol. The molecule has 6 heteroatoms. The fourth-order valence-corrected chi connectivity index (χ4v) is 3.89. The van der Waals surface area contributed by atoms with Crippen molar-refractivity contribution in [3.05, 3.63) is 0 Å². The number of amides is 2. The number of piperidine rings is 2. The van der Waals surface area contributed by atoms with E-state index >= 15 is 0 Å². The summed E-state index contributed by atoms with van der Waals surface area (Å²) >= 11 is 0. The molecule has 1 spiro atoms. The number of likely N-dealkylation sites (tertiary alicyclic amines) is 2. The second kappa shape index (κ2) is 8.50. The molecular weight excluding hydrogens is 306 g/mol. The number of ether oxygens (including phenoxy) is 2. The van der Waals surface area contributed by atoms with E-state index in [0.717, 1.165) is 44.8 Å². The van der Waals surface area contributed by atoms with Gasteiger partial charge in [0.25, 0.3) is 0 Å². The maximum Gasteiger partial charge on any atom is 0.317 e. The third-order valence-corrected chi connectivity index (χ3v) is 5.68. The van der Waals surface area contributed by atoms with Crippen molar-refractivity contribution in [2.75, 3.05) is 52.5 Å². The molecule has 2 amide bonds. The van der Waals surface area contributed by atoms with Crippen LogP contribution in [0.15, 0.2) is 0 Å². The Morgan fingerprint density at radius 3 is 2.42 bits per heavy atom. The SMILES string of the molecule is CC1CCN(CCCCNC(=O)N2CCC3(CC2)OCCO3)CC1. The van der Waals surface area contributed by atoms with E-state index in [1.54, 1.807) is 0 Å². The van der Waals surface area contributed by atoms with Crippen LogP contribution in [0.1, 0.15) is 45.4 Å². The zero-order valence-electron chi connectivity index (χ0n) is 15.1. The zero-order valence-corrected chi connectivity index (χ0v) is 15.1. The molecule has 0 radical (unpaired) electrons. The van der Waals surface area contributed by atoms with Crippen LogP contribution in [0, 0.1) is 5.92 Å². The fraction of sp³-hybridized carbons (Fsp3) is 0.944. The molecule has 3 aliphatic rings. The number of nitrogens with zero attached hydrogens (tertiary/aromatic N) is 2.